The van der Waals surface area contributed by atoms with Crippen molar-refractivity contribution in [3.8, 4) is 0 Å². The van der Waals surface area contributed by atoms with Crippen LogP contribution in [0.1, 0.15) is 0 Å². The number of hydrogen-bond acceptors (Lipinski definition) is 0. The fraction of sp³-hybridized carbons (Fsp3) is 1.00. The van der Waals surface area contributed by atoms with E-state index in [4.69, 9.17) is 263 Å². The summed E-state index contributed by atoms with van der Waals surface area (Å²) in [4.78, 5) is 0. The van der Waals surface area contributed by atoms with Crippen LogP contribution in [0, 0.1) is 0 Å². The molecule has 0 rings (SSSR count). The van der Waals surface area contributed by atoms with Crippen molar-refractivity contribution in [3.05, 3.63) is 0 Å². The van der Waals surface area contributed by atoms with Crippen LogP contribution in [0.2, 0.25) is 5.62 Å². The van der Waals surface area contributed by atoms with Crippen LogP contribution in [0.4, 0.5) is 0 Å². The lowest BCUT2D eigenvalue weighted by Gasteiger charge is -2.60. The lowest BCUT2D eigenvalue weighted by molar-refractivity contribution is 1.80. The van der Waals surface area contributed by atoms with E-state index >= 15 is 0 Å². The standard InChI is InChI=1S/CHB65/c2-39(3)56(40(4)5)36(57(41(6)7)42(8)9)1(37(58(43(10)11)44(12)13)59(45(14)15)62(46(16)17)47(18)19)38(60(63(48(20)21)49(22)23)64(50(24)25)51(26)27)61(65(52(28)29)53(30)31)66(54(32)33)55(34)35/h1H. The van der Waals surface area contributed by atoms with Crippen molar-refractivity contribution in [1.82, 2.24) is 0 Å². The maximum Gasteiger partial charge on any atom is 0.0294 e. The second-order valence-electron chi connectivity index (χ2n) is 18.5. The highest BCUT2D eigenvalue weighted by atomic mass is 13.7. The smallest absolute Gasteiger partial charge is 0.0294 e. The van der Waals surface area contributed by atoms with E-state index in [0.717, 1.165) is 0 Å². The lowest BCUT2D eigenvalue weighted by atomic mass is 8.30. The van der Waals surface area contributed by atoms with Gasteiger partial charge in [-0.05, 0) is 0 Å². The lowest BCUT2D eigenvalue weighted by Crippen LogP contribution is -2.92. The van der Waals surface area contributed by atoms with E-state index in [2.05, 4.69) is 0 Å². The molecule has 0 aromatic rings. The first-order valence-corrected chi connectivity index (χ1v) is 21.7. The zero-order valence-corrected chi connectivity index (χ0v) is 38.1. The van der Waals surface area contributed by atoms with Gasteiger partial charge >= 0.3 is 0 Å². The van der Waals surface area contributed by atoms with Gasteiger partial charge in [0.15, 0.2) is 0 Å². The topological polar surface area (TPSA) is 0 Å². The molecule has 66 heavy (non-hydrogen) atoms. The van der Waals surface area contributed by atoms with Gasteiger partial charge in [0.2, 0.25) is 0 Å². The van der Waals surface area contributed by atoms with Gasteiger partial charge in [0.1, 0.15) is 0 Å². The van der Waals surface area contributed by atoms with Gasteiger partial charge in [0, 0.05) is 461 Å². The first-order valence-electron chi connectivity index (χ1n) is 21.7. The monoisotopic (exact) mass is 729 g/mol. The molecule has 0 fully saturated rings. The van der Waals surface area contributed by atoms with Crippen LogP contribution in [-0.2, 0) is 0 Å². The summed E-state index contributed by atoms with van der Waals surface area (Å²) in [5.74, 6) is 0. The molecule has 0 saturated carbocycles. The molecule has 0 aliphatic heterocycles. The Bertz CT molecular complexity index is 1070. The molecule has 0 aliphatic carbocycles. The quantitative estimate of drug-likeness (QED) is 0.0627. The van der Waals surface area contributed by atoms with E-state index in [1.165, 1.54) is 0 Å². The van der Waals surface area contributed by atoms with Crippen molar-refractivity contribution in [2.75, 3.05) is 0 Å². The van der Waals surface area contributed by atoms with Gasteiger partial charge in [0.25, 0.3) is 0 Å². The second kappa shape index (κ2) is 32.1. The third kappa shape index (κ3) is 18.8. The van der Waals surface area contributed by atoms with E-state index in [1.54, 1.807) is 0 Å². The Morgan fingerprint density at radius 3 is 0.364 bits per heavy atom. The Morgan fingerprint density at radius 1 is 0.121 bits per heavy atom. The van der Waals surface area contributed by atoms with Crippen LogP contribution in [-0.4, -0.2) is 461 Å². The Morgan fingerprint density at radius 2 is 0.227 bits per heavy atom. The second-order valence-corrected chi connectivity index (χ2v) is 18.5. The molecule has 68 radical (unpaired) electrons. The minimum Gasteiger partial charge on any atom is -0.146 e. The van der Waals surface area contributed by atoms with Crippen molar-refractivity contribution in [2.24, 2.45) is 0 Å². The third-order valence-corrected chi connectivity index (χ3v) is 13.8. The third-order valence-electron chi connectivity index (χ3n) is 13.8. The predicted molar refractivity (Wildman–Crippen MR) is 378 cm³/mol. The Labute approximate surface area is 462 Å². The molecule has 0 N–H and O–H groups in total. The molecule has 0 amide bonds. The van der Waals surface area contributed by atoms with Crippen LogP contribution >= 0.6 is 0 Å². The minimum atomic E-state index is -1.64. The van der Waals surface area contributed by atoms with Gasteiger partial charge in [-0.15, -0.1) is 5.62 Å². The Kier molecular flexibility index (Phi) is 34.1. The zero-order valence-electron chi connectivity index (χ0n) is 38.1. The molecule has 0 spiro atoms. The number of rotatable bonds is 31. The van der Waals surface area contributed by atoms with Gasteiger partial charge in [-0.1, -0.05) is 0 Å². The molecule has 1 unspecified atom stereocenters. The first-order chi connectivity index (χ1) is 30.0. The summed E-state index contributed by atoms with van der Waals surface area (Å²) in [6.45, 7) is -4.72. The molecule has 0 nitrogen and oxygen atoms in total. The average Bonchev–Trinajstić information content (AvgIpc) is 3.08. The van der Waals surface area contributed by atoms with E-state index < -0.39 is 204 Å². The van der Waals surface area contributed by atoms with Crippen molar-refractivity contribution in [1.29, 1.82) is 0 Å². The average molecular weight is 716 g/mol. The Hall–Kier alpha value is 4.22. The van der Waals surface area contributed by atoms with Gasteiger partial charge < -0.3 is 0 Å². The van der Waals surface area contributed by atoms with Crippen molar-refractivity contribution in [3.63, 3.8) is 0 Å². The molecule has 1 atom stereocenters. The molecule has 0 aromatic carbocycles. The van der Waals surface area contributed by atoms with E-state index in [-0.39, 0.29) is 0 Å². The molecule has 0 aliphatic rings. The molecule has 0 saturated heterocycles. The molecular formula is CHB65. The molecule has 0 heterocycles. The normalized spacial score (nSPS) is 10.3. The summed E-state index contributed by atoms with van der Waals surface area (Å²) < 4.78 is 0. The predicted octanol–water partition coefficient (Wildman–Crippen LogP) is -24.4. The summed E-state index contributed by atoms with van der Waals surface area (Å²) in [6, 6.07) is 0. The van der Waals surface area contributed by atoms with Crippen molar-refractivity contribution in [2.45, 2.75) is 5.62 Å². The van der Waals surface area contributed by atoms with Gasteiger partial charge in [-0.3, -0.25) is 0 Å². The van der Waals surface area contributed by atoms with Gasteiger partial charge in [-0.2, -0.15) is 0 Å². The maximum atomic E-state index is 6.83. The molecule has 0 aromatic heterocycles. The van der Waals surface area contributed by atoms with Crippen LogP contribution in [0.3, 0.4) is 0 Å². The van der Waals surface area contributed by atoms with Crippen LogP contribution in [0.5, 0.6) is 0 Å². The van der Waals surface area contributed by atoms with E-state index in [0.29, 0.717) is 0 Å². The molecule has 200 valence electrons. The first kappa shape index (κ1) is 70.2. The minimum absolute atomic E-state index is 1.34. The maximum absolute atomic E-state index is 6.83. The summed E-state index contributed by atoms with van der Waals surface area (Å²) in [5.41, 5.74) is -1.64. The fourth-order valence-corrected chi connectivity index (χ4v) is 11.5. The van der Waals surface area contributed by atoms with E-state index in [9.17, 15) is 0 Å². The van der Waals surface area contributed by atoms with Crippen LogP contribution < -0.4 is 0 Å². The SMILES string of the molecule is [B]B([B])B(B([B])[B])B(B([B])[B])B(B(B([B])[B])B([B])[B])C(B(B(B([B])[B])B([B])[B])B(B([B])[B])B([B])[B])B(B(B(B([B])[B])B([B])[B])B(B([B])[B])B([B])[B])B(B(B([B])[B])B([B])[B])B(B([B])[B])B([B])[B]. The van der Waals surface area contributed by atoms with Gasteiger partial charge in [0.05, 0.1) is 0 Å². The summed E-state index contributed by atoms with van der Waals surface area (Å²) in [7, 11) is 227. The van der Waals surface area contributed by atoms with Crippen molar-refractivity contribution >= 4 is 461 Å². The van der Waals surface area contributed by atoms with Gasteiger partial charge in [-0.25, -0.2) is 0 Å². The highest BCUT2D eigenvalue weighted by Crippen LogP contribution is 2.34. The molecular weight excluding hydrogens is 715 g/mol. The number of hydrogen-bond donors (Lipinski definition) is 0. The van der Waals surface area contributed by atoms with E-state index in [1.807, 2.05) is 0 Å². The van der Waals surface area contributed by atoms with Crippen molar-refractivity contribution < 1.29 is 0 Å². The molecule has 65 heteroatoms. The summed E-state index contributed by atoms with van der Waals surface area (Å²) in [6.07, 6.45) is -41.9. The summed E-state index contributed by atoms with van der Waals surface area (Å²) in [5, 5.41) is 0. The largest absolute Gasteiger partial charge is 0.146 e. The fourth-order valence-electron chi connectivity index (χ4n) is 11.5. The summed E-state index contributed by atoms with van der Waals surface area (Å²) >= 11 is 0. The van der Waals surface area contributed by atoms with Crippen LogP contribution in [0.25, 0.3) is 0 Å². The Balaban J connectivity index is 11.3. The molecule has 0 bridgehead atoms. The zero-order chi connectivity index (χ0) is 52.5. The highest BCUT2D eigenvalue weighted by Gasteiger charge is 2.63. The van der Waals surface area contributed by atoms with Crippen LogP contribution in [0.15, 0.2) is 0 Å². The highest BCUT2D eigenvalue weighted by molar-refractivity contribution is 8.27.